The van der Waals surface area contributed by atoms with Crippen LogP contribution in [0.3, 0.4) is 0 Å². The average molecular weight is 308 g/mol. The maximum Gasteiger partial charge on any atom is 0.220 e. The van der Waals surface area contributed by atoms with Crippen LogP contribution in [0.2, 0.25) is 0 Å². The molecule has 1 heterocycles. The van der Waals surface area contributed by atoms with Gasteiger partial charge in [0.25, 0.3) is 0 Å². The topological polar surface area (TPSA) is 42.0 Å². The molecule has 1 fully saturated rings. The van der Waals surface area contributed by atoms with Gasteiger partial charge in [0.2, 0.25) is 5.91 Å². The minimum atomic E-state index is 0.171. The molecule has 1 aromatic rings. The summed E-state index contributed by atoms with van der Waals surface area (Å²) >= 11 is 1.68. The van der Waals surface area contributed by atoms with Crippen molar-refractivity contribution >= 4 is 17.2 Å². The van der Waals surface area contributed by atoms with Crippen LogP contribution in [0.5, 0.6) is 0 Å². The Kier molecular flexibility index (Phi) is 6.68. The Morgan fingerprint density at radius 1 is 1.38 bits per heavy atom. The first-order chi connectivity index (χ1) is 10.1. The second kappa shape index (κ2) is 8.52. The van der Waals surface area contributed by atoms with E-state index in [1.165, 1.54) is 38.5 Å². The molecule has 1 aromatic heterocycles. The van der Waals surface area contributed by atoms with Gasteiger partial charge in [-0.25, -0.2) is 4.98 Å². The number of rotatable bonds is 7. The van der Waals surface area contributed by atoms with Gasteiger partial charge in [-0.3, -0.25) is 4.79 Å². The minimum Gasteiger partial charge on any atom is -0.350 e. The lowest BCUT2D eigenvalue weighted by Crippen LogP contribution is -2.22. The highest BCUT2D eigenvalue weighted by molar-refractivity contribution is 7.09. The van der Waals surface area contributed by atoms with E-state index in [2.05, 4.69) is 29.5 Å². The maximum absolute atomic E-state index is 11.9. The molecule has 0 aliphatic heterocycles. The summed E-state index contributed by atoms with van der Waals surface area (Å²) in [5.41, 5.74) is 0.990. The summed E-state index contributed by atoms with van der Waals surface area (Å²) in [6.45, 7) is 4.87. The molecule has 0 unspecified atom stereocenters. The molecule has 118 valence electrons. The van der Waals surface area contributed by atoms with Gasteiger partial charge in [-0.15, -0.1) is 11.3 Å². The monoisotopic (exact) mass is 308 g/mol. The standard InChI is InChI=1S/C17H28N2OS/c1-13(2)17-19-15(12-21-17)11-18-16(20)10-6-9-14-7-4-3-5-8-14/h12-14H,3-11H2,1-2H3,(H,18,20). The number of nitrogens with one attached hydrogen (secondary N) is 1. The average Bonchev–Trinajstić information content (AvgIpc) is 2.95. The van der Waals surface area contributed by atoms with Gasteiger partial charge in [-0.2, -0.15) is 0 Å². The highest BCUT2D eigenvalue weighted by Gasteiger charge is 2.13. The number of amides is 1. The lowest BCUT2D eigenvalue weighted by Gasteiger charge is -2.21. The van der Waals surface area contributed by atoms with Gasteiger partial charge < -0.3 is 5.32 Å². The summed E-state index contributed by atoms with van der Waals surface area (Å²) < 4.78 is 0. The van der Waals surface area contributed by atoms with Crippen molar-refractivity contribution in [1.29, 1.82) is 0 Å². The molecule has 2 rings (SSSR count). The molecule has 4 heteroatoms. The number of aromatic nitrogens is 1. The molecule has 0 spiro atoms. The van der Waals surface area contributed by atoms with E-state index in [9.17, 15) is 4.79 Å². The van der Waals surface area contributed by atoms with Crippen molar-refractivity contribution in [3.8, 4) is 0 Å². The van der Waals surface area contributed by atoms with E-state index >= 15 is 0 Å². The molecular weight excluding hydrogens is 280 g/mol. The predicted molar refractivity (Wildman–Crippen MR) is 88.5 cm³/mol. The van der Waals surface area contributed by atoms with E-state index < -0.39 is 0 Å². The largest absolute Gasteiger partial charge is 0.350 e. The lowest BCUT2D eigenvalue weighted by molar-refractivity contribution is -0.121. The number of nitrogens with zero attached hydrogens (tertiary/aromatic N) is 1. The first-order valence-corrected chi connectivity index (χ1v) is 9.24. The Bertz CT molecular complexity index is 436. The summed E-state index contributed by atoms with van der Waals surface area (Å²) in [4.78, 5) is 16.4. The van der Waals surface area contributed by atoms with E-state index in [0.717, 1.165) is 23.0 Å². The molecule has 1 aliphatic carbocycles. The summed E-state index contributed by atoms with van der Waals surface area (Å²) in [5.74, 6) is 1.51. The third-order valence-electron chi connectivity index (χ3n) is 4.27. The Morgan fingerprint density at radius 2 is 2.14 bits per heavy atom. The zero-order chi connectivity index (χ0) is 15.1. The van der Waals surface area contributed by atoms with Gasteiger partial charge in [-0.05, 0) is 18.8 Å². The van der Waals surface area contributed by atoms with Crippen LogP contribution in [-0.4, -0.2) is 10.9 Å². The zero-order valence-electron chi connectivity index (χ0n) is 13.4. The van der Waals surface area contributed by atoms with E-state index in [0.29, 0.717) is 18.9 Å². The van der Waals surface area contributed by atoms with Crippen molar-refractivity contribution in [3.63, 3.8) is 0 Å². The predicted octanol–water partition coefficient (Wildman–Crippen LogP) is 4.63. The Hall–Kier alpha value is -0.900. The molecule has 1 aliphatic rings. The second-order valence-electron chi connectivity index (χ2n) is 6.50. The molecule has 1 N–H and O–H groups in total. The lowest BCUT2D eigenvalue weighted by atomic mass is 9.86. The van der Waals surface area contributed by atoms with Crippen molar-refractivity contribution in [3.05, 3.63) is 16.1 Å². The molecule has 21 heavy (non-hydrogen) atoms. The summed E-state index contributed by atoms with van der Waals surface area (Å²) in [5, 5.41) is 6.20. The third kappa shape index (κ3) is 5.77. The minimum absolute atomic E-state index is 0.171. The maximum atomic E-state index is 11.9. The highest BCUT2D eigenvalue weighted by atomic mass is 32.1. The second-order valence-corrected chi connectivity index (χ2v) is 7.39. The molecule has 1 saturated carbocycles. The number of hydrogen-bond acceptors (Lipinski definition) is 3. The van der Waals surface area contributed by atoms with E-state index in [1.807, 2.05) is 0 Å². The van der Waals surface area contributed by atoms with Gasteiger partial charge in [0, 0.05) is 17.7 Å². The smallest absolute Gasteiger partial charge is 0.220 e. The normalized spacial score (nSPS) is 16.3. The molecule has 1 amide bonds. The van der Waals surface area contributed by atoms with E-state index in [4.69, 9.17) is 0 Å². The van der Waals surface area contributed by atoms with Gasteiger partial charge in [0.15, 0.2) is 0 Å². The fraction of sp³-hybridized carbons (Fsp3) is 0.765. The van der Waals surface area contributed by atoms with E-state index in [1.54, 1.807) is 11.3 Å². The Balaban J connectivity index is 1.60. The summed E-state index contributed by atoms with van der Waals surface area (Å²) in [6, 6.07) is 0. The van der Waals surface area contributed by atoms with Gasteiger partial charge in [0.05, 0.1) is 17.2 Å². The van der Waals surface area contributed by atoms with Gasteiger partial charge in [-0.1, -0.05) is 46.0 Å². The van der Waals surface area contributed by atoms with Crippen molar-refractivity contribution in [2.75, 3.05) is 0 Å². The van der Waals surface area contributed by atoms with Crippen LogP contribution in [0.4, 0.5) is 0 Å². The Labute approximate surface area is 132 Å². The number of thiazole rings is 1. The number of hydrogen-bond donors (Lipinski definition) is 1. The molecule has 3 nitrogen and oxygen atoms in total. The number of carbonyl (C=O) groups is 1. The van der Waals surface area contributed by atoms with Crippen LogP contribution in [0, 0.1) is 5.92 Å². The van der Waals surface area contributed by atoms with Crippen molar-refractivity contribution in [1.82, 2.24) is 10.3 Å². The van der Waals surface area contributed by atoms with Crippen molar-refractivity contribution in [2.24, 2.45) is 5.92 Å². The fourth-order valence-corrected chi connectivity index (χ4v) is 3.81. The van der Waals surface area contributed by atoms with Gasteiger partial charge in [0.1, 0.15) is 0 Å². The van der Waals surface area contributed by atoms with Crippen LogP contribution in [0.1, 0.15) is 81.8 Å². The number of carbonyl (C=O) groups excluding carboxylic acids is 1. The SMILES string of the molecule is CC(C)c1nc(CNC(=O)CCCC2CCCCC2)cs1. The van der Waals surface area contributed by atoms with Crippen LogP contribution in [0.15, 0.2) is 5.38 Å². The van der Waals surface area contributed by atoms with Crippen LogP contribution in [-0.2, 0) is 11.3 Å². The van der Waals surface area contributed by atoms with Crippen LogP contribution < -0.4 is 5.32 Å². The molecule has 0 radical (unpaired) electrons. The van der Waals surface area contributed by atoms with E-state index in [-0.39, 0.29) is 5.91 Å². The molecule has 0 atom stereocenters. The summed E-state index contributed by atoms with van der Waals surface area (Å²) in [6.07, 6.45) is 9.85. The Morgan fingerprint density at radius 3 is 2.81 bits per heavy atom. The van der Waals surface area contributed by atoms with Gasteiger partial charge >= 0.3 is 0 Å². The van der Waals surface area contributed by atoms with Crippen molar-refractivity contribution in [2.45, 2.75) is 77.7 Å². The van der Waals surface area contributed by atoms with Crippen LogP contribution >= 0.6 is 11.3 Å². The zero-order valence-corrected chi connectivity index (χ0v) is 14.2. The fourth-order valence-electron chi connectivity index (χ4n) is 2.97. The highest BCUT2D eigenvalue weighted by Crippen LogP contribution is 2.27. The third-order valence-corrected chi connectivity index (χ3v) is 5.47. The first kappa shape index (κ1) is 16.5. The first-order valence-electron chi connectivity index (χ1n) is 8.36. The summed E-state index contributed by atoms with van der Waals surface area (Å²) in [7, 11) is 0. The molecule has 0 aromatic carbocycles. The van der Waals surface area contributed by atoms with Crippen LogP contribution in [0.25, 0.3) is 0 Å². The molecule has 0 bridgehead atoms. The quantitative estimate of drug-likeness (QED) is 0.797. The molecular formula is C17H28N2OS. The van der Waals surface area contributed by atoms with Crippen molar-refractivity contribution < 1.29 is 4.79 Å². The molecule has 0 saturated heterocycles.